The molecule has 0 fully saturated rings. The summed E-state index contributed by atoms with van der Waals surface area (Å²) < 4.78 is 5.76. The fourth-order valence-electron chi connectivity index (χ4n) is 2.99. The zero-order valence-corrected chi connectivity index (χ0v) is 15.6. The van der Waals surface area contributed by atoms with Crippen molar-refractivity contribution in [2.24, 2.45) is 0 Å². The molecule has 0 aromatic heterocycles. The summed E-state index contributed by atoms with van der Waals surface area (Å²) in [6, 6.07) is 16.3. The molecule has 0 saturated carbocycles. The van der Waals surface area contributed by atoms with Crippen molar-refractivity contribution in [3.05, 3.63) is 54.1 Å². The smallest absolute Gasteiger partial charge is 0.227 e. The van der Waals surface area contributed by atoms with Gasteiger partial charge in [-0.25, -0.2) is 0 Å². The highest BCUT2D eigenvalue weighted by Gasteiger charge is 2.20. The Morgan fingerprint density at radius 2 is 2.04 bits per heavy atom. The molecule has 0 aliphatic carbocycles. The van der Waals surface area contributed by atoms with E-state index in [0.29, 0.717) is 13.0 Å². The van der Waals surface area contributed by atoms with Gasteiger partial charge in [-0.3, -0.25) is 4.79 Å². The maximum atomic E-state index is 12.7. The molecule has 0 atom stereocenters. The number of fused-ring (bicyclic) bond motifs is 1. The van der Waals surface area contributed by atoms with E-state index in [1.54, 1.807) is 0 Å². The van der Waals surface area contributed by atoms with Crippen LogP contribution in [0.2, 0.25) is 0 Å². The maximum Gasteiger partial charge on any atom is 0.227 e. The molecule has 1 aliphatic heterocycles. The van der Waals surface area contributed by atoms with Gasteiger partial charge in [-0.05, 0) is 61.8 Å². The molecule has 0 unspecified atom stereocenters. The summed E-state index contributed by atoms with van der Waals surface area (Å²) in [5, 5.41) is 0. The van der Waals surface area contributed by atoms with Gasteiger partial charge < -0.3 is 9.64 Å². The second-order valence-electron chi connectivity index (χ2n) is 6.34. The van der Waals surface area contributed by atoms with Gasteiger partial charge in [0.2, 0.25) is 5.91 Å². The van der Waals surface area contributed by atoms with Crippen molar-refractivity contribution < 1.29 is 9.53 Å². The van der Waals surface area contributed by atoms with E-state index < -0.39 is 0 Å². The third kappa shape index (κ3) is 5.02. The molecule has 4 heteroatoms. The lowest BCUT2D eigenvalue weighted by Crippen LogP contribution is -2.31. The van der Waals surface area contributed by atoms with Crippen molar-refractivity contribution in [2.75, 3.05) is 23.8 Å². The summed E-state index contributed by atoms with van der Waals surface area (Å²) >= 11 is 1.85. The predicted octanol–water partition coefficient (Wildman–Crippen LogP) is 5.07. The highest BCUT2D eigenvalue weighted by atomic mass is 32.2. The quantitative estimate of drug-likeness (QED) is 0.677. The Bertz CT molecular complexity index is 717. The van der Waals surface area contributed by atoms with Crippen LogP contribution >= 0.6 is 11.8 Å². The minimum atomic E-state index is 0.227. The molecule has 25 heavy (non-hydrogen) atoms. The molecule has 2 aromatic rings. The van der Waals surface area contributed by atoms with E-state index in [9.17, 15) is 4.79 Å². The number of hydrogen-bond acceptors (Lipinski definition) is 3. The monoisotopic (exact) mass is 355 g/mol. The molecule has 1 amide bonds. The van der Waals surface area contributed by atoms with Crippen LogP contribution in [0.15, 0.2) is 53.4 Å². The fourth-order valence-corrected chi connectivity index (χ4v) is 3.99. The number of aryl methyl sites for hydroxylation is 1. The van der Waals surface area contributed by atoms with Crippen LogP contribution in [0.5, 0.6) is 5.75 Å². The fraction of sp³-hybridized carbons (Fsp3) is 0.381. The average molecular weight is 356 g/mol. The van der Waals surface area contributed by atoms with Crippen molar-refractivity contribution >= 4 is 23.4 Å². The number of benzene rings is 2. The zero-order chi connectivity index (χ0) is 17.5. The van der Waals surface area contributed by atoms with Crippen molar-refractivity contribution in [3.8, 4) is 5.75 Å². The molecule has 1 aliphatic rings. The molecule has 2 aromatic carbocycles. The summed E-state index contributed by atoms with van der Waals surface area (Å²) in [6.07, 6.45) is 3.37. The number of hydrogen-bond donors (Lipinski definition) is 0. The Kier molecular flexibility index (Phi) is 6.40. The van der Waals surface area contributed by atoms with Crippen LogP contribution in [0.4, 0.5) is 5.69 Å². The molecule has 0 saturated heterocycles. The molecular formula is C21H25NO2S. The van der Waals surface area contributed by atoms with Gasteiger partial charge in [0.25, 0.3) is 0 Å². The number of carbonyl (C=O) groups is 1. The predicted molar refractivity (Wildman–Crippen MR) is 105 cm³/mol. The molecular weight excluding hydrogens is 330 g/mol. The second-order valence-corrected chi connectivity index (χ2v) is 7.47. The van der Waals surface area contributed by atoms with Crippen LogP contribution in [-0.2, 0) is 4.79 Å². The number of rotatable bonds is 6. The van der Waals surface area contributed by atoms with Gasteiger partial charge in [0.1, 0.15) is 5.75 Å². The first kappa shape index (κ1) is 17.9. The van der Waals surface area contributed by atoms with Gasteiger partial charge in [0.05, 0.1) is 12.3 Å². The van der Waals surface area contributed by atoms with Crippen LogP contribution in [0.1, 0.15) is 31.2 Å². The highest BCUT2D eigenvalue weighted by Crippen LogP contribution is 2.33. The average Bonchev–Trinajstić information content (AvgIpc) is 2.84. The molecule has 1 heterocycles. The van der Waals surface area contributed by atoms with Crippen LogP contribution in [0, 0.1) is 6.92 Å². The number of amides is 1. The van der Waals surface area contributed by atoms with E-state index in [1.807, 2.05) is 47.0 Å². The normalized spacial score (nSPS) is 13.9. The number of thioether (sulfide) groups is 1. The third-order valence-corrected chi connectivity index (χ3v) is 5.43. The van der Waals surface area contributed by atoms with E-state index in [2.05, 4.69) is 25.1 Å². The standard InChI is InChI=1S/C21H25NO2S/c1-17-8-6-9-18(16-17)24-14-5-4-12-21(23)22-13-7-15-25-20-11-3-2-10-19(20)22/h2-3,6,8-11,16H,4-5,7,12-15H2,1H3. The first-order valence-electron chi connectivity index (χ1n) is 8.96. The third-order valence-electron chi connectivity index (χ3n) is 4.28. The van der Waals surface area contributed by atoms with Crippen molar-refractivity contribution in [2.45, 2.75) is 37.5 Å². The molecule has 0 spiro atoms. The Morgan fingerprint density at radius 1 is 1.16 bits per heavy atom. The van der Waals surface area contributed by atoms with Gasteiger partial charge in [0.15, 0.2) is 0 Å². The van der Waals surface area contributed by atoms with Crippen molar-refractivity contribution in [1.29, 1.82) is 0 Å². The number of para-hydroxylation sites is 1. The van der Waals surface area contributed by atoms with Gasteiger partial charge >= 0.3 is 0 Å². The van der Waals surface area contributed by atoms with Gasteiger partial charge in [-0.15, -0.1) is 11.8 Å². The first-order valence-corrected chi connectivity index (χ1v) is 9.94. The highest BCUT2D eigenvalue weighted by molar-refractivity contribution is 7.99. The van der Waals surface area contributed by atoms with Gasteiger partial charge in [0, 0.05) is 17.9 Å². The van der Waals surface area contributed by atoms with Crippen LogP contribution in [-0.4, -0.2) is 24.8 Å². The Hall–Kier alpha value is -1.94. The lowest BCUT2D eigenvalue weighted by molar-refractivity contribution is -0.118. The van der Waals surface area contributed by atoms with Gasteiger partial charge in [-0.2, -0.15) is 0 Å². The topological polar surface area (TPSA) is 29.5 Å². The Morgan fingerprint density at radius 3 is 2.92 bits per heavy atom. The molecule has 3 nitrogen and oxygen atoms in total. The summed E-state index contributed by atoms with van der Waals surface area (Å²) in [5.74, 6) is 2.21. The molecule has 0 N–H and O–H groups in total. The maximum absolute atomic E-state index is 12.7. The summed E-state index contributed by atoms with van der Waals surface area (Å²) in [5.41, 5.74) is 2.27. The van der Waals surface area contributed by atoms with Crippen LogP contribution in [0.25, 0.3) is 0 Å². The lowest BCUT2D eigenvalue weighted by Gasteiger charge is -2.22. The van der Waals surface area contributed by atoms with E-state index in [1.165, 1.54) is 10.5 Å². The van der Waals surface area contributed by atoms with E-state index in [0.717, 1.165) is 43.0 Å². The summed E-state index contributed by atoms with van der Waals surface area (Å²) in [7, 11) is 0. The number of anilines is 1. The zero-order valence-electron chi connectivity index (χ0n) is 14.7. The number of carbonyl (C=O) groups excluding carboxylic acids is 1. The second kappa shape index (κ2) is 8.95. The summed E-state index contributed by atoms with van der Waals surface area (Å²) in [4.78, 5) is 15.9. The lowest BCUT2D eigenvalue weighted by atomic mass is 10.2. The minimum absolute atomic E-state index is 0.227. The van der Waals surface area contributed by atoms with Gasteiger partial charge in [-0.1, -0.05) is 24.3 Å². The number of ether oxygens (including phenoxy) is 1. The number of unbranched alkanes of at least 4 members (excludes halogenated alkanes) is 1. The van der Waals surface area contributed by atoms with Crippen LogP contribution < -0.4 is 9.64 Å². The van der Waals surface area contributed by atoms with Crippen molar-refractivity contribution in [3.63, 3.8) is 0 Å². The number of nitrogens with zero attached hydrogens (tertiary/aromatic N) is 1. The van der Waals surface area contributed by atoms with E-state index in [4.69, 9.17) is 4.74 Å². The summed E-state index contributed by atoms with van der Waals surface area (Å²) in [6.45, 7) is 3.54. The largest absolute Gasteiger partial charge is 0.494 e. The van der Waals surface area contributed by atoms with Crippen molar-refractivity contribution in [1.82, 2.24) is 0 Å². The molecule has 132 valence electrons. The van der Waals surface area contributed by atoms with E-state index >= 15 is 0 Å². The van der Waals surface area contributed by atoms with E-state index in [-0.39, 0.29) is 5.91 Å². The Labute approximate surface area is 154 Å². The Balaban J connectivity index is 1.46. The molecule has 0 radical (unpaired) electrons. The molecule has 0 bridgehead atoms. The minimum Gasteiger partial charge on any atom is -0.494 e. The van der Waals surface area contributed by atoms with Crippen LogP contribution in [0.3, 0.4) is 0 Å². The SMILES string of the molecule is Cc1cccc(OCCCCC(=O)N2CCCSc3ccccc32)c1. The first-order chi connectivity index (χ1) is 12.2. The molecule has 3 rings (SSSR count).